The first kappa shape index (κ1) is 13.8. The maximum absolute atomic E-state index is 13.1. The highest BCUT2D eigenvalue weighted by Crippen LogP contribution is 2.26. The van der Waals surface area contributed by atoms with Crippen LogP contribution < -0.4 is 5.32 Å². The molecule has 3 rings (SSSR count). The van der Waals surface area contributed by atoms with Gasteiger partial charge in [-0.25, -0.2) is 4.39 Å². The summed E-state index contributed by atoms with van der Waals surface area (Å²) in [4.78, 5) is 12.6. The van der Waals surface area contributed by atoms with Crippen LogP contribution in [-0.4, -0.2) is 22.2 Å². The summed E-state index contributed by atoms with van der Waals surface area (Å²) in [7, 11) is 0. The van der Waals surface area contributed by atoms with E-state index in [2.05, 4.69) is 10.4 Å². The lowest BCUT2D eigenvalue weighted by atomic mass is 10.2. The lowest BCUT2D eigenvalue weighted by Crippen LogP contribution is -2.24. The van der Waals surface area contributed by atoms with Gasteiger partial charge in [0, 0.05) is 30.2 Å². The minimum absolute atomic E-state index is 0.114. The van der Waals surface area contributed by atoms with Crippen LogP contribution in [0.5, 0.6) is 0 Å². The van der Waals surface area contributed by atoms with Crippen LogP contribution >= 0.6 is 11.3 Å². The van der Waals surface area contributed by atoms with Crippen molar-refractivity contribution in [3.05, 3.63) is 53.4 Å². The van der Waals surface area contributed by atoms with Gasteiger partial charge in [0.1, 0.15) is 5.82 Å². The van der Waals surface area contributed by atoms with Crippen molar-refractivity contribution in [1.82, 2.24) is 15.1 Å². The van der Waals surface area contributed by atoms with Gasteiger partial charge >= 0.3 is 0 Å². The van der Waals surface area contributed by atoms with Gasteiger partial charge in [0.05, 0.1) is 4.88 Å². The standard InChI is InChI=1S/C15H14FN3OS/c16-12-3-4-13-11(9-12)10-14(21-13)15(20)17-5-1-7-19-8-2-6-18-19/h2-4,6,8-10H,1,5,7H2,(H,17,20). The van der Waals surface area contributed by atoms with E-state index in [-0.39, 0.29) is 11.7 Å². The molecular formula is C15H14FN3OS. The first-order chi connectivity index (χ1) is 10.2. The SMILES string of the molecule is O=C(NCCCn1cccn1)c1cc2cc(F)ccc2s1. The molecule has 2 heterocycles. The van der Waals surface area contributed by atoms with Crippen molar-refractivity contribution >= 4 is 27.3 Å². The second-order valence-electron chi connectivity index (χ2n) is 4.67. The predicted molar refractivity (Wildman–Crippen MR) is 81.0 cm³/mol. The molecule has 0 aliphatic heterocycles. The van der Waals surface area contributed by atoms with Crippen molar-refractivity contribution in [2.45, 2.75) is 13.0 Å². The van der Waals surface area contributed by atoms with Crippen LogP contribution in [0.4, 0.5) is 4.39 Å². The Bertz CT molecular complexity index is 751. The number of hydrogen-bond acceptors (Lipinski definition) is 3. The van der Waals surface area contributed by atoms with Crippen molar-refractivity contribution < 1.29 is 9.18 Å². The highest BCUT2D eigenvalue weighted by Gasteiger charge is 2.10. The molecule has 0 radical (unpaired) electrons. The zero-order chi connectivity index (χ0) is 14.7. The van der Waals surface area contributed by atoms with Gasteiger partial charge in [-0.05, 0) is 42.1 Å². The summed E-state index contributed by atoms with van der Waals surface area (Å²) in [6.07, 6.45) is 4.43. The molecule has 0 aliphatic rings. The monoisotopic (exact) mass is 303 g/mol. The fourth-order valence-corrected chi connectivity index (χ4v) is 3.05. The molecule has 2 aromatic heterocycles. The lowest BCUT2D eigenvalue weighted by Gasteiger charge is -2.03. The number of nitrogens with one attached hydrogen (secondary N) is 1. The van der Waals surface area contributed by atoms with Gasteiger partial charge in [-0.3, -0.25) is 9.48 Å². The van der Waals surface area contributed by atoms with Crippen LogP contribution in [0.2, 0.25) is 0 Å². The van der Waals surface area contributed by atoms with E-state index >= 15 is 0 Å². The largest absolute Gasteiger partial charge is 0.351 e. The minimum Gasteiger partial charge on any atom is -0.351 e. The molecule has 0 aliphatic carbocycles. The molecule has 21 heavy (non-hydrogen) atoms. The molecule has 0 saturated carbocycles. The van der Waals surface area contributed by atoms with E-state index in [1.54, 1.807) is 18.3 Å². The maximum Gasteiger partial charge on any atom is 0.261 e. The molecule has 0 unspecified atom stereocenters. The van der Waals surface area contributed by atoms with Crippen LogP contribution in [0.25, 0.3) is 10.1 Å². The Kier molecular flexibility index (Phi) is 3.96. The summed E-state index contributed by atoms with van der Waals surface area (Å²) in [6.45, 7) is 1.35. The number of benzene rings is 1. The molecule has 1 aromatic carbocycles. The Labute approximate surface area is 125 Å². The third-order valence-corrected chi connectivity index (χ3v) is 4.23. The van der Waals surface area contributed by atoms with E-state index in [1.165, 1.54) is 23.5 Å². The third-order valence-electron chi connectivity index (χ3n) is 3.11. The summed E-state index contributed by atoms with van der Waals surface area (Å²) in [5.41, 5.74) is 0. The fraction of sp³-hybridized carbons (Fsp3) is 0.200. The lowest BCUT2D eigenvalue weighted by molar-refractivity contribution is 0.0956. The third kappa shape index (κ3) is 3.28. The fourth-order valence-electron chi connectivity index (χ4n) is 2.09. The smallest absolute Gasteiger partial charge is 0.261 e. The van der Waals surface area contributed by atoms with Crippen molar-refractivity contribution in [2.75, 3.05) is 6.54 Å². The number of fused-ring (bicyclic) bond motifs is 1. The molecule has 0 saturated heterocycles. The molecule has 0 spiro atoms. The molecule has 108 valence electrons. The van der Waals surface area contributed by atoms with Crippen molar-refractivity contribution in [3.8, 4) is 0 Å². The van der Waals surface area contributed by atoms with Crippen LogP contribution in [0.15, 0.2) is 42.7 Å². The zero-order valence-electron chi connectivity index (χ0n) is 11.3. The number of rotatable bonds is 5. The number of carbonyl (C=O) groups is 1. The van der Waals surface area contributed by atoms with Gasteiger partial charge in [0.25, 0.3) is 5.91 Å². The molecule has 0 fully saturated rings. The first-order valence-corrected chi connectivity index (χ1v) is 7.49. The summed E-state index contributed by atoms with van der Waals surface area (Å²) >= 11 is 1.37. The molecule has 0 atom stereocenters. The van der Waals surface area contributed by atoms with Gasteiger partial charge in [-0.1, -0.05) is 0 Å². The predicted octanol–water partition coefficient (Wildman–Crippen LogP) is 3.06. The molecule has 3 aromatic rings. The molecule has 6 heteroatoms. The number of hydrogen-bond donors (Lipinski definition) is 1. The topological polar surface area (TPSA) is 46.9 Å². The minimum atomic E-state index is -0.286. The maximum atomic E-state index is 13.1. The van der Waals surface area contributed by atoms with E-state index in [1.807, 2.05) is 16.9 Å². The van der Waals surface area contributed by atoms with E-state index in [4.69, 9.17) is 0 Å². The number of nitrogens with zero attached hydrogens (tertiary/aromatic N) is 2. The quantitative estimate of drug-likeness (QED) is 0.736. The molecule has 0 bridgehead atoms. The summed E-state index contributed by atoms with van der Waals surface area (Å²) in [5.74, 6) is -0.399. The van der Waals surface area contributed by atoms with Gasteiger partial charge < -0.3 is 5.32 Å². The van der Waals surface area contributed by atoms with E-state index < -0.39 is 0 Å². The van der Waals surface area contributed by atoms with Gasteiger partial charge in [0.2, 0.25) is 0 Å². The zero-order valence-corrected chi connectivity index (χ0v) is 12.1. The summed E-state index contributed by atoms with van der Waals surface area (Å²) < 4.78 is 15.9. The number of carbonyl (C=O) groups excluding carboxylic acids is 1. The van der Waals surface area contributed by atoms with Crippen molar-refractivity contribution in [3.63, 3.8) is 0 Å². The van der Waals surface area contributed by atoms with Crippen LogP contribution in [0, 0.1) is 5.82 Å². The number of halogens is 1. The number of aromatic nitrogens is 2. The van der Waals surface area contributed by atoms with Crippen LogP contribution in [0.1, 0.15) is 16.1 Å². The normalized spacial score (nSPS) is 10.9. The van der Waals surface area contributed by atoms with Gasteiger partial charge in [-0.15, -0.1) is 11.3 Å². The van der Waals surface area contributed by atoms with E-state index in [9.17, 15) is 9.18 Å². The number of amides is 1. The highest BCUT2D eigenvalue weighted by molar-refractivity contribution is 7.20. The first-order valence-electron chi connectivity index (χ1n) is 6.67. The number of thiophene rings is 1. The Morgan fingerprint density at radius 2 is 2.29 bits per heavy atom. The molecule has 1 N–H and O–H groups in total. The van der Waals surface area contributed by atoms with Crippen molar-refractivity contribution in [1.29, 1.82) is 0 Å². The van der Waals surface area contributed by atoms with E-state index in [0.29, 0.717) is 11.4 Å². The summed E-state index contributed by atoms with van der Waals surface area (Å²) in [5, 5.41) is 7.74. The second kappa shape index (κ2) is 6.05. The van der Waals surface area contributed by atoms with Crippen LogP contribution in [0.3, 0.4) is 0 Å². The average Bonchev–Trinajstić information content (AvgIpc) is 3.11. The Morgan fingerprint density at radius 3 is 3.10 bits per heavy atom. The number of aryl methyl sites for hydroxylation is 1. The molecule has 1 amide bonds. The average molecular weight is 303 g/mol. The van der Waals surface area contributed by atoms with Crippen molar-refractivity contribution in [2.24, 2.45) is 0 Å². The van der Waals surface area contributed by atoms with Gasteiger partial charge in [0.15, 0.2) is 0 Å². The molecule has 4 nitrogen and oxygen atoms in total. The summed E-state index contributed by atoms with van der Waals surface area (Å²) in [6, 6.07) is 8.15. The van der Waals surface area contributed by atoms with E-state index in [0.717, 1.165) is 23.1 Å². The Morgan fingerprint density at radius 1 is 1.38 bits per heavy atom. The molecular weight excluding hydrogens is 289 g/mol. The van der Waals surface area contributed by atoms with Crippen LogP contribution in [-0.2, 0) is 6.54 Å². The Hall–Kier alpha value is -2.21. The van der Waals surface area contributed by atoms with Gasteiger partial charge in [-0.2, -0.15) is 5.10 Å². The second-order valence-corrected chi connectivity index (χ2v) is 5.76. The highest BCUT2D eigenvalue weighted by atomic mass is 32.1. The Balaban J connectivity index is 1.56.